The third kappa shape index (κ3) is 4.94. The number of hydrogen-bond acceptors (Lipinski definition) is 5. The topological polar surface area (TPSA) is 90.5 Å². The van der Waals surface area contributed by atoms with Crippen molar-refractivity contribution in [2.45, 2.75) is 33.7 Å². The second kappa shape index (κ2) is 9.47. The second-order valence-electron chi connectivity index (χ2n) is 7.66. The largest absolute Gasteiger partial charge is 0.459 e. The minimum Gasteiger partial charge on any atom is -0.459 e. The maximum Gasteiger partial charge on any atom is 0.329 e. The number of ketones is 1. The number of para-hydroxylation sites is 1. The van der Waals surface area contributed by atoms with E-state index >= 15 is 0 Å². The first-order chi connectivity index (χ1) is 14.8. The van der Waals surface area contributed by atoms with E-state index in [1.54, 1.807) is 26.0 Å². The number of furan rings is 1. The fraction of sp³-hybridized carbons (Fsp3) is 0.292. The Balaban J connectivity index is 1.68. The molecular weight excluding hydrogens is 396 g/mol. The summed E-state index contributed by atoms with van der Waals surface area (Å²) in [5.41, 5.74) is 3.13. The SMILES string of the molecule is Cc1cc(C(=O)COC(=O)[C@@H](NC(=O)c2ccco2)C(C)C)c(C)n1-c1ccccc1. The van der Waals surface area contributed by atoms with E-state index in [9.17, 15) is 14.4 Å². The first-order valence-corrected chi connectivity index (χ1v) is 10.1. The standard InChI is InChI=1S/C24H26N2O5/c1-15(2)22(25-23(28)21-11-8-12-30-21)24(29)31-14-20(27)19-13-16(3)26(17(19)4)18-9-6-5-7-10-18/h5-13,15,22H,14H2,1-4H3,(H,25,28)/t22-/m0/s1. The van der Waals surface area contributed by atoms with Gasteiger partial charge in [0.25, 0.3) is 5.91 Å². The molecule has 31 heavy (non-hydrogen) atoms. The zero-order valence-electron chi connectivity index (χ0n) is 18.0. The predicted octanol–water partition coefficient (Wildman–Crippen LogP) is 3.87. The number of ether oxygens (including phenoxy) is 1. The molecule has 0 saturated heterocycles. The van der Waals surface area contributed by atoms with Crippen molar-refractivity contribution in [2.24, 2.45) is 5.92 Å². The maximum atomic E-state index is 12.8. The zero-order chi connectivity index (χ0) is 22.5. The molecule has 0 fully saturated rings. The number of carbonyl (C=O) groups excluding carboxylic acids is 3. The summed E-state index contributed by atoms with van der Waals surface area (Å²) in [7, 11) is 0. The van der Waals surface area contributed by atoms with Gasteiger partial charge in [0.2, 0.25) is 5.78 Å². The van der Waals surface area contributed by atoms with Crippen molar-refractivity contribution in [2.75, 3.05) is 6.61 Å². The van der Waals surface area contributed by atoms with E-state index in [0.717, 1.165) is 17.1 Å². The van der Waals surface area contributed by atoms with E-state index in [2.05, 4.69) is 5.32 Å². The van der Waals surface area contributed by atoms with E-state index in [1.165, 1.54) is 12.3 Å². The van der Waals surface area contributed by atoms with Gasteiger partial charge in [0.1, 0.15) is 6.04 Å². The van der Waals surface area contributed by atoms with Gasteiger partial charge in [-0.05, 0) is 50.1 Å². The van der Waals surface area contributed by atoms with Gasteiger partial charge in [0.15, 0.2) is 12.4 Å². The Hall–Kier alpha value is -3.61. The first-order valence-electron chi connectivity index (χ1n) is 10.1. The Labute approximate surface area is 181 Å². The van der Waals surface area contributed by atoms with Crippen LogP contribution in [0.5, 0.6) is 0 Å². The molecule has 7 nitrogen and oxygen atoms in total. The number of aryl methyl sites for hydroxylation is 1. The van der Waals surface area contributed by atoms with Crippen molar-refractivity contribution < 1.29 is 23.5 Å². The lowest BCUT2D eigenvalue weighted by atomic mass is 10.0. The number of nitrogens with one attached hydrogen (secondary N) is 1. The molecular formula is C24H26N2O5. The summed E-state index contributed by atoms with van der Waals surface area (Å²) in [6, 6.07) is 13.7. The molecule has 0 unspecified atom stereocenters. The number of benzene rings is 1. The molecule has 0 spiro atoms. The van der Waals surface area contributed by atoms with Crippen molar-refractivity contribution in [1.29, 1.82) is 0 Å². The third-order valence-electron chi connectivity index (χ3n) is 5.04. The van der Waals surface area contributed by atoms with Crippen molar-refractivity contribution in [3.8, 4) is 5.69 Å². The summed E-state index contributed by atoms with van der Waals surface area (Å²) in [4.78, 5) is 37.6. The molecule has 1 amide bonds. The fourth-order valence-corrected chi connectivity index (χ4v) is 3.44. The van der Waals surface area contributed by atoms with Gasteiger partial charge in [0, 0.05) is 22.6 Å². The van der Waals surface area contributed by atoms with Gasteiger partial charge in [0.05, 0.1) is 6.26 Å². The molecule has 2 aromatic heterocycles. The van der Waals surface area contributed by atoms with Crippen LogP contribution in [-0.2, 0) is 9.53 Å². The summed E-state index contributed by atoms with van der Waals surface area (Å²) in [6.07, 6.45) is 1.38. The van der Waals surface area contributed by atoms with E-state index in [-0.39, 0.29) is 17.5 Å². The van der Waals surface area contributed by atoms with Crippen LogP contribution in [0, 0.1) is 19.8 Å². The summed E-state index contributed by atoms with van der Waals surface area (Å²) >= 11 is 0. The van der Waals surface area contributed by atoms with Crippen molar-refractivity contribution in [3.05, 3.63) is 77.5 Å². The molecule has 1 atom stereocenters. The lowest BCUT2D eigenvalue weighted by Gasteiger charge is -2.20. The van der Waals surface area contributed by atoms with Gasteiger partial charge < -0.3 is 19.0 Å². The van der Waals surface area contributed by atoms with Gasteiger partial charge >= 0.3 is 5.97 Å². The number of amides is 1. The molecule has 1 N–H and O–H groups in total. The van der Waals surface area contributed by atoms with Crippen LogP contribution in [0.15, 0.2) is 59.2 Å². The smallest absolute Gasteiger partial charge is 0.329 e. The minimum absolute atomic E-state index is 0.0999. The average molecular weight is 422 g/mol. The van der Waals surface area contributed by atoms with Gasteiger partial charge in [-0.2, -0.15) is 0 Å². The molecule has 0 bridgehead atoms. The lowest BCUT2D eigenvalue weighted by molar-refractivity contribution is -0.145. The second-order valence-corrected chi connectivity index (χ2v) is 7.66. The molecule has 2 heterocycles. The van der Waals surface area contributed by atoms with Crippen molar-refractivity contribution in [1.82, 2.24) is 9.88 Å². The molecule has 0 aliphatic heterocycles. The predicted molar refractivity (Wildman–Crippen MR) is 115 cm³/mol. The Morgan fingerprint density at radius 2 is 1.77 bits per heavy atom. The van der Waals surface area contributed by atoms with Crippen molar-refractivity contribution in [3.63, 3.8) is 0 Å². The Morgan fingerprint density at radius 1 is 1.06 bits per heavy atom. The number of hydrogen-bond donors (Lipinski definition) is 1. The monoisotopic (exact) mass is 422 g/mol. The molecule has 0 aliphatic carbocycles. The first kappa shape index (κ1) is 22.1. The van der Waals surface area contributed by atoms with Crippen molar-refractivity contribution >= 4 is 17.7 Å². The lowest BCUT2D eigenvalue weighted by Crippen LogP contribution is -2.45. The fourth-order valence-electron chi connectivity index (χ4n) is 3.44. The van der Waals surface area contributed by atoms with E-state index < -0.39 is 24.5 Å². The molecule has 0 saturated carbocycles. The summed E-state index contributed by atoms with van der Waals surface area (Å²) in [6.45, 7) is 6.93. The van der Waals surface area contributed by atoms with Crippen LogP contribution >= 0.6 is 0 Å². The molecule has 1 aromatic carbocycles. The maximum absolute atomic E-state index is 12.8. The quantitative estimate of drug-likeness (QED) is 0.440. The number of rotatable bonds is 8. The highest BCUT2D eigenvalue weighted by Crippen LogP contribution is 2.21. The highest BCUT2D eigenvalue weighted by molar-refractivity contribution is 6.00. The molecule has 0 radical (unpaired) electrons. The van der Waals surface area contributed by atoms with Gasteiger partial charge in [-0.25, -0.2) is 4.79 Å². The summed E-state index contributed by atoms with van der Waals surface area (Å²) < 4.78 is 12.3. The number of aromatic nitrogens is 1. The van der Waals surface area contributed by atoms with E-state index in [0.29, 0.717) is 5.56 Å². The average Bonchev–Trinajstić information content (AvgIpc) is 3.38. The molecule has 3 aromatic rings. The highest BCUT2D eigenvalue weighted by Gasteiger charge is 2.28. The Bertz CT molecular complexity index is 1070. The molecule has 162 valence electrons. The number of esters is 1. The zero-order valence-corrected chi connectivity index (χ0v) is 18.0. The van der Waals surface area contributed by atoms with Crippen LogP contribution in [0.4, 0.5) is 0 Å². The van der Waals surface area contributed by atoms with Crippen LogP contribution in [0.25, 0.3) is 5.69 Å². The molecule has 0 aliphatic rings. The van der Waals surface area contributed by atoms with E-state index in [1.807, 2.05) is 48.7 Å². The number of carbonyl (C=O) groups is 3. The molecule has 7 heteroatoms. The normalized spacial score (nSPS) is 11.9. The van der Waals surface area contributed by atoms with E-state index in [4.69, 9.17) is 9.15 Å². The Kier molecular flexibility index (Phi) is 6.74. The number of nitrogens with zero attached hydrogens (tertiary/aromatic N) is 1. The minimum atomic E-state index is -0.901. The van der Waals surface area contributed by atoms with Gasteiger partial charge in [-0.15, -0.1) is 0 Å². The number of Topliss-reactive ketones (excluding diaryl/α,β-unsaturated/α-hetero) is 1. The van der Waals surface area contributed by atoms with Crippen LogP contribution in [0.1, 0.15) is 46.1 Å². The highest BCUT2D eigenvalue weighted by atomic mass is 16.5. The van der Waals surface area contributed by atoms with Crippen LogP contribution in [-0.4, -0.2) is 34.9 Å². The molecule has 3 rings (SSSR count). The summed E-state index contributed by atoms with van der Waals surface area (Å²) in [5, 5.41) is 2.61. The third-order valence-corrected chi connectivity index (χ3v) is 5.04. The van der Waals surface area contributed by atoms with Crippen LogP contribution in [0.3, 0.4) is 0 Å². The van der Waals surface area contributed by atoms with Crippen LogP contribution in [0.2, 0.25) is 0 Å². The van der Waals surface area contributed by atoms with Gasteiger partial charge in [-0.1, -0.05) is 32.0 Å². The summed E-state index contributed by atoms with van der Waals surface area (Å²) in [5.74, 6) is -1.62. The Morgan fingerprint density at radius 3 is 2.39 bits per heavy atom. The van der Waals surface area contributed by atoms with Crippen LogP contribution < -0.4 is 5.32 Å². The van der Waals surface area contributed by atoms with Gasteiger partial charge in [-0.3, -0.25) is 9.59 Å².